The van der Waals surface area contributed by atoms with Crippen LogP contribution >= 0.6 is 0 Å². The zero-order valence-electron chi connectivity index (χ0n) is 19.6. The second kappa shape index (κ2) is 14.3. The van der Waals surface area contributed by atoms with Gasteiger partial charge in [-0.3, -0.25) is 4.79 Å². The Morgan fingerprint density at radius 2 is 1.94 bits per heavy atom. The van der Waals surface area contributed by atoms with E-state index in [1.807, 2.05) is 0 Å². The van der Waals surface area contributed by atoms with Crippen molar-refractivity contribution >= 4 is 5.91 Å². The van der Waals surface area contributed by atoms with Crippen molar-refractivity contribution in [3.8, 4) is 0 Å². The zero-order valence-corrected chi connectivity index (χ0v) is 19.6. The van der Waals surface area contributed by atoms with Gasteiger partial charge in [-0.25, -0.2) is 0 Å². The molecule has 1 amide bonds. The van der Waals surface area contributed by atoms with E-state index >= 15 is 0 Å². The van der Waals surface area contributed by atoms with Crippen LogP contribution < -0.4 is 16.4 Å². The van der Waals surface area contributed by atoms with Crippen molar-refractivity contribution < 1.29 is 37.6 Å². The molecule has 32 heavy (non-hydrogen) atoms. The number of halogens is 3. The lowest BCUT2D eigenvalue weighted by atomic mass is 9.94. The van der Waals surface area contributed by atoms with Crippen LogP contribution in [0.1, 0.15) is 26.7 Å². The van der Waals surface area contributed by atoms with Gasteiger partial charge in [0.1, 0.15) is 18.8 Å². The predicted octanol–water partition coefficient (Wildman–Crippen LogP) is -0.159. The van der Waals surface area contributed by atoms with Crippen LogP contribution in [0.4, 0.5) is 13.4 Å². The molecular weight excluding hydrogens is 435 g/mol. The van der Waals surface area contributed by atoms with E-state index in [9.17, 15) is 23.3 Å². The zero-order chi connectivity index (χ0) is 24.4. The highest BCUT2D eigenvalue weighted by Gasteiger charge is 2.43. The lowest BCUT2D eigenvalue weighted by Crippen LogP contribution is -2.61. The number of rotatable bonds is 14. The predicted molar refractivity (Wildman–Crippen MR) is 111 cm³/mol. The lowest BCUT2D eigenvalue weighted by Gasteiger charge is -2.43. The van der Waals surface area contributed by atoms with Crippen LogP contribution in [0.15, 0.2) is 0 Å². The topological polar surface area (TPSA) is 108 Å². The smallest absolute Gasteiger partial charge is 0.239 e. The van der Waals surface area contributed by atoms with Gasteiger partial charge in [0.15, 0.2) is 6.29 Å². The number of nitrogens with zero attached hydrogens (tertiary/aromatic N) is 2. The van der Waals surface area contributed by atoms with Crippen LogP contribution in [0.2, 0.25) is 0 Å². The Bertz CT molecular complexity index is 553. The maximum absolute atomic E-state index is 13.4. The van der Waals surface area contributed by atoms with Crippen molar-refractivity contribution in [2.24, 2.45) is 0 Å². The number of aliphatic hydroxyl groups is 1. The number of hydrogen-bond donors (Lipinski definition) is 4. The minimum Gasteiger partial charge on any atom is -0.388 e. The molecule has 8 atom stereocenters. The van der Waals surface area contributed by atoms with E-state index < -0.39 is 61.3 Å². The van der Waals surface area contributed by atoms with E-state index in [1.165, 1.54) is 31.6 Å². The molecule has 7 unspecified atom stereocenters. The van der Waals surface area contributed by atoms with Gasteiger partial charge in [-0.1, -0.05) is 0 Å². The van der Waals surface area contributed by atoms with E-state index in [4.69, 9.17) is 14.2 Å². The number of ether oxygens (including phenoxy) is 3. The minimum atomic E-state index is -1.32. The summed E-state index contributed by atoms with van der Waals surface area (Å²) in [6.45, 7) is 2.78. The summed E-state index contributed by atoms with van der Waals surface area (Å²) in [7, 11) is 5.74. The fraction of sp³-hybridized carbons (Fsp3) is 0.947. The van der Waals surface area contributed by atoms with Crippen LogP contribution in [-0.4, -0.2) is 111 Å². The summed E-state index contributed by atoms with van der Waals surface area (Å²) in [4.78, 5) is 13.5. The lowest BCUT2D eigenvalue weighted by molar-refractivity contribution is -0.259. The number of likely N-dealkylation sites (N-methyl/N-ethyl adjacent to an activating group) is 3. The number of aliphatic hydroxyl groups excluding tert-OH is 1. The van der Waals surface area contributed by atoms with Gasteiger partial charge in [0.2, 0.25) is 5.91 Å². The van der Waals surface area contributed by atoms with E-state index in [2.05, 4.69) is 5.32 Å². The van der Waals surface area contributed by atoms with E-state index in [0.29, 0.717) is 18.0 Å². The van der Waals surface area contributed by atoms with E-state index in [1.54, 1.807) is 26.4 Å². The first-order valence-electron chi connectivity index (χ1n) is 10.6. The monoisotopic (exact) mass is 473 g/mol. The molecule has 190 valence electrons. The van der Waals surface area contributed by atoms with Crippen LogP contribution in [0, 0.1) is 0 Å². The van der Waals surface area contributed by atoms with Crippen molar-refractivity contribution in [2.45, 2.75) is 75.5 Å². The minimum absolute atomic E-state index is 0.0233. The summed E-state index contributed by atoms with van der Waals surface area (Å²) in [6.07, 6.45) is -3.87. The Morgan fingerprint density at radius 3 is 2.44 bits per heavy atom. The van der Waals surface area contributed by atoms with Crippen molar-refractivity contribution in [3.63, 3.8) is 0 Å². The number of hydrogen-bond acceptors (Lipinski definition) is 9. The fourth-order valence-electron chi connectivity index (χ4n) is 3.82. The first-order chi connectivity index (χ1) is 15.1. The number of nitrogens with one attached hydrogen (secondary N) is 3. The SMILES string of the molecule is CNC(C)C(OC1OC(CN(C)F)CC[C@@H]1NF)C(O)C(C(C)OC)N(C)C(=O)CNF. The molecule has 4 N–H and O–H groups in total. The Morgan fingerprint density at radius 1 is 1.28 bits per heavy atom. The molecule has 10 nitrogen and oxygen atoms in total. The number of methoxy groups -OCH3 is 1. The number of carbonyl (C=O) groups excluding carboxylic acids is 1. The summed E-state index contributed by atoms with van der Waals surface area (Å²) in [5.41, 5.74) is 2.95. The fourth-order valence-corrected chi connectivity index (χ4v) is 3.82. The van der Waals surface area contributed by atoms with Gasteiger partial charge in [0.05, 0.1) is 30.8 Å². The van der Waals surface area contributed by atoms with Crippen molar-refractivity contribution in [3.05, 3.63) is 0 Å². The van der Waals surface area contributed by atoms with Crippen LogP contribution in [0.5, 0.6) is 0 Å². The summed E-state index contributed by atoms with van der Waals surface area (Å²) >= 11 is 0. The molecule has 1 rings (SSSR count). The molecule has 1 saturated heterocycles. The van der Waals surface area contributed by atoms with Gasteiger partial charge in [0.25, 0.3) is 0 Å². The standard InChI is InChI=1S/C19H38F3N5O5/c1-11(23-3)18(17(29)16(12(2)30-6)27(5)15(28)9-24-20)32-19-14(25-21)8-7-13(31-19)10-26(4)22/h11-14,16-19,23-25,29H,7-10H2,1-6H3/t11?,12?,13?,14-,16?,17?,18?,19?/m0/s1. The Balaban J connectivity index is 3.15. The molecule has 1 aliphatic heterocycles. The molecule has 1 heterocycles. The number of carbonyl (C=O) groups is 1. The largest absolute Gasteiger partial charge is 0.388 e. The Kier molecular flexibility index (Phi) is 12.9. The summed E-state index contributed by atoms with van der Waals surface area (Å²) < 4.78 is 56.4. The van der Waals surface area contributed by atoms with Crippen LogP contribution in [-0.2, 0) is 19.0 Å². The molecule has 0 aromatic heterocycles. The molecule has 0 aliphatic carbocycles. The summed E-state index contributed by atoms with van der Waals surface area (Å²) in [5, 5.41) is 14.7. The normalized spacial score (nSPS) is 26.4. The maximum atomic E-state index is 13.4. The molecule has 0 saturated carbocycles. The van der Waals surface area contributed by atoms with Gasteiger partial charge >= 0.3 is 0 Å². The average Bonchev–Trinajstić information content (AvgIpc) is 2.76. The molecule has 0 bridgehead atoms. The third-order valence-electron chi connectivity index (χ3n) is 5.89. The van der Waals surface area contributed by atoms with Crippen LogP contribution in [0.25, 0.3) is 0 Å². The van der Waals surface area contributed by atoms with Crippen molar-refractivity contribution in [1.29, 1.82) is 0 Å². The second-order valence-corrected chi connectivity index (χ2v) is 8.12. The van der Waals surface area contributed by atoms with E-state index in [0.717, 1.165) is 0 Å². The average molecular weight is 474 g/mol. The first-order valence-corrected chi connectivity index (χ1v) is 10.6. The van der Waals surface area contributed by atoms with Gasteiger partial charge in [-0.15, -0.1) is 24.1 Å². The molecule has 0 spiro atoms. The molecule has 0 aromatic rings. The number of amides is 1. The van der Waals surface area contributed by atoms with Crippen LogP contribution in [0.3, 0.4) is 0 Å². The summed E-state index contributed by atoms with van der Waals surface area (Å²) in [6, 6.07) is -2.22. The highest BCUT2D eigenvalue weighted by atomic mass is 19.2. The molecule has 1 fully saturated rings. The molecular formula is C19H38F3N5O5. The molecule has 0 radical (unpaired) electrons. The molecule has 13 heteroatoms. The Labute approximate surface area is 187 Å². The first kappa shape index (κ1) is 29.0. The maximum Gasteiger partial charge on any atom is 0.239 e. The Hall–Kier alpha value is -1.06. The van der Waals surface area contributed by atoms with E-state index in [-0.39, 0.29) is 6.54 Å². The molecule has 1 aliphatic rings. The second-order valence-electron chi connectivity index (χ2n) is 8.12. The quantitative estimate of drug-likeness (QED) is 0.256. The highest BCUT2D eigenvalue weighted by Crippen LogP contribution is 2.26. The van der Waals surface area contributed by atoms with Gasteiger partial charge in [0, 0.05) is 27.2 Å². The van der Waals surface area contributed by atoms with Gasteiger partial charge < -0.3 is 29.5 Å². The van der Waals surface area contributed by atoms with Crippen molar-refractivity contribution in [1.82, 2.24) is 26.4 Å². The van der Waals surface area contributed by atoms with Gasteiger partial charge in [-0.05, 0) is 33.7 Å². The third-order valence-corrected chi connectivity index (χ3v) is 5.89. The van der Waals surface area contributed by atoms with Gasteiger partial charge in [-0.2, -0.15) is 5.54 Å². The molecule has 0 aromatic carbocycles. The highest BCUT2D eigenvalue weighted by molar-refractivity contribution is 5.78. The third kappa shape index (κ3) is 8.06. The van der Waals surface area contributed by atoms with Crippen molar-refractivity contribution in [2.75, 3.05) is 41.3 Å². The summed E-state index contributed by atoms with van der Waals surface area (Å²) in [5.74, 6) is -0.612.